The van der Waals surface area contributed by atoms with E-state index in [1.54, 1.807) is 0 Å². The molecule has 1 heteroatoms. The van der Waals surface area contributed by atoms with E-state index >= 15 is 0 Å². The molecule has 90 valence electrons. The van der Waals surface area contributed by atoms with Crippen LogP contribution >= 0.6 is 0 Å². The van der Waals surface area contributed by atoms with Crippen LogP contribution in [0, 0.1) is 0 Å². The summed E-state index contributed by atoms with van der Waals surface area (Å²) in [6, 6.07) is 0. The van der Waals surface area contributed by atoms with Gasteiger partial charge in [-0.15, -0.1) is 0 Å². The van der Waals surface area contributed by atoms with Gasteiger partial charge in [-0.2, -0.15) is 0 Å². The van der Waals surface area contributed by atoms with Crippen LogP contribution in [0.1, 0.15) is 71.1 Å². The van der Waals surface area contributed by atoms with Gasteiger partial charge in [0.2, 0.25) is 0 Å². The molecule has 15 heavy (non-hydrogen) atoms. The minimum absolute atomic E-state index is 0.321. The minimum atomic E-state index is 0.321. The molecule has 0 aliphatic carbocycles. The molecule has 0 bridgehead atoms. The third kappa shape index (κ3) is 13.7. The number of rotatable bonds is 11. The lowest BCUT2D eigenvalue weighted by Crippen LogP contribution is -1.80. The second-order valence-corrected chi connectivity index (χ2v) is 4.25. The second-order valence-electron chi connectivity index (χ2n) is 4.25. The Kier molecular flexibility index (Phi) is 13.4. The van der Waals surface area contributed by atoms with Crippen molar-refractivity contribution >= 4 is 0 Å². The van der Waals surface area contributed by atoms with Gasteiger partial charge in [0.25, 0.3) is 0 Å². The molecular formula is C14H28O. The number of hydrogen-bond donors (Lipinski definition) is 1. The molecule has 0 aliphatic heterocycles. The first kappa shape index (κ1) is 14.7. The SMILES string of the molecule is CCCCCCCCC/C=C/CCCO. The van der Waals surface area contributed by atoms with E-state index in [0.717, 1.165) is 12.8 Å². The van der Waals surface area contributed by atoms with E-state index in [1.807, 2.05) is 0 Å². The van der Waals surface area contributed by atoms with Gasteiger partial charge in [-0.3, -0.25) is 0 Å². The van der Waals surface area contributed by atoms with Crippen molar-refractivity contribution in [2.45, 2.75) is 71.1 Å². The molecule has 0 amide bonds. The molecule has 0 aromatic heterocycles. The Labute approximate surface area is 95.6 Å². The molecule has 0 aliphatic rings. The van der Waals surface area contributed by atoms with E-state index in [-0.39, 0.29) is 0 Å². The van der Waals surface area contributed by atoms with E-state index in [4.69, 9.17) is 5.11 Å². The highest BCUT2D eigenvalue weighted by Crippen LogP contribution is 2.08. The summed E-state index contributed by atoms with van der Waals surface area (Å²) in [7, 11) is 0. The minimum Gasteiger partial charge on any atom is -0.396 e. The number of unbranched alkanes of at least 4 members (excludes halogenated alkanes) is 8. The third-order valence-electron chi connectivity index (χ3n) is 2.67. The fraction of sp³-hybridized carbons (Fsp3) is 0.857. The van der Waals surface area contributed by atoms with Gasteiger partial charge in [-0.25, -0.2) is 0 Å². The topological polar surface area (TPSA) is 20.2 Å². The van der Waals surface area contributed by atoms with Crippen LogP contribution in [0.5, 0.6) is 0 Å². The van der Waals surface area contributed by atoms with Gasteiger partial charge < -0.3 is 5.11 Å². The highest BCUT2D eigenvalue weighted by atomic mass is 16.2. The van der Waals surface area contributed by atoms with E-state index in [9.17, 15) is 0 Å². The van der Waals surface area contributed by atoms with Gasteiger partial charge in [0.1, 0.15) is 0 Å². The Morgan fingerprint density at radius 3 is 1.87 bits per heavy atom. The molecule has 0 unspecified atom stereocenters. The fourth-order valence-electron chi connectivity index (χ4n) is 1.66. The Balaban J connectivity index is 2.95. The molecule has 0 fully saturated rings. The zero-order valence-corrected chi connectivity index (χ0v) is 10.4. The lowest BCUT2D eigenvalue weighted by atomic mass is 10.1. The summed E-state index contributed by atoms with van der Waals surface area (Å²) >= 11 is 0. The van der Waals surface area contributed by atoms with Crippen molar-refractivity contribution in [2.75, 3.05) is 6.61 Å². The van der Waals surface area contributed by atoms with Crippen molar-refractivity contribution in [1.82, 2.24) is 0 Å². The van der Waals surface area contributed by atoms with Crippen LogP contribution in [0.25, 0.3) is 0 Å². The largest absolute Gasteiger partial charge is 0.396 e. The van der Waals surface area contributed by atoms with Crippen LogP contribution < -0.4 is 0 Å². The predicted octanol–water partition coefficient (Wildman–Crippen LogP) is 4.46. The van der Waals surface area contributed by atoms with Crippen molar-refractivity contribution in [2.24, 2.45) is 0 Å². The summed E-state index contributed by atoms with van der Waals surface area (Å²) in [5, 5.41) is 8.58. The molecule has 0 aromatic carbocycles. The Morgan fingerprint density at radius 1 is 0.733 bits per heavy atom. The molecule has 0 saturated carbocycles. The first-order chi connectivity index (χ1) is 7.41. The Morgan fingerprint density at radius 2 is 1.27 bits per heavy atom. The maximum absolute atomic E-state index is 8.58. The highest BCUT2D eigenvalue weighted by Gasteiger charge is 1.89. The lowest BCUT2D eigenvalue weighted by molar-refractivity contribution is 0.289. The molecule has 0 radical (unpaired) electrons. The third-order valence-corrected chi connectivity index (χ3v) is 2.67. The smallest absolute Gasteiger partial charge is 0.0433 e. The van der Waals surface area contributed by atoms with Crippen LogP contribution in [-0.4, -0.2) is 11.7 Å². The first-order valence-electron chi connectivity index (χ1n) is 6.67. The van der Waals surface area contributed by atoms with Crippen molar-refractivity contribution in [1.29, 1.82) is 0 Å². The van der Waals surface area contributed by atoms with E-state index in [2.05, 4.69) is 19.1 Å². The maximum Gasteiger partial charge on any atom is 0.0433 e. The quantitative estimate of drug-likeness (QED) is 0.396. The summed E-state index contributed by atoms with van der Waals surface area (Å²) in [6.07, 6.45) is 17.3. The predicted molar refractivity (Wildman–Crippen MR) is 68.1 cm³/mol. The highest BCUT2D eigenvalue weighted by molar-refractivity contribution is 4.81. The first-order valence-corrected chi connectivity index (χ1v) is 6.67. The molecule has 0 rings (SSSR count). The summed E-state index contributed by atoms with van der Waals surface area (Å²) < 4.78 is 0. The zero-order chi connectivity index (χ0) is 11.2. The van der Waals surface area contributed by atoms with Crippen LogP contribution in [0.3, 0.4) is 0 Å². The van der Waals surface area contributed by atoms with E-state index < -0.39 is 0 Å². The average Bonchev–Trinajstić information content (AvgIpc) is 2.26. The number of hydrogen-bond acceptors (Lipinski definition) is 1. The number of allylic oxidation sites excluding steroid dienone is 2. The number of aliphatic hydroxyl groups is 1. The second kappa shape index (κ2) is 13.7. The fourth-order valence-corrected chi connectivity index (χ4v) is 1.66. The summed E-state index contributed by atoms with van der Waals surface area (Å²) in [6.45, 7) is 2.58. The molecule has 1 nitrogen and oxygen atoms in total. The molecule has 0 aromatic rings. The van der Waals surface area contributed by atoms with Crippen LogP contribution in [0.2, 0.25) is 0 Å². The summed E-state index contributed by atoms with van der Waals surface area (Å²) in [5.74, 6) is 0. The Hall–Kier alpha value is -0.300. The van der Waals surface area contributed by atoms with Crippen LogP contribution in [0.4, 0.5) is 0 Å². The number of aliphatic hydroxyl groups excluding tert-OH is 1. The van der Waals surface area contributed by atoms with Crippen molar-refractivity contribution in [3.63, 3.8) is 0 Å². The molecule has 0 saturated heterocycles. The van der Waals surface area contributed by atoms with Gasteiger partial charge in [0, 0.05) is 6.61 Å². The van der Waals surface area contributed by atoms with Gasteiger partial charge in [0.15, 0.2) is 0 Å². The summed E-state index contributed by atoms with van der Waals surface area (Å²) in [5.41, 5.74) is 0. The van der Waals surface area contributed by atoms with Crippen molar-refractivity contribution in [3.05, 3.63) is 12.2 Å². The monoisotopic (exact) mass is 212 g/mol. The van der Waals surface area contributed by atoms with Crippen molar-refractivity contribution in [3.8, 4) is 0 Å². The lowest BCUT2D eigenvalue weighted by Gasteiger charge is -1.98. The van der Waals surface area contributed by atoms with Gasteiger partial charge in [0.05, 0.1) is 0 Å². The molecule has 0 spiro atoms. The van der Waals surface area contributed by atoms with Gasteiger partial charge in [-0.1, -0.05) is 57.6 Å². The molecule has 0 atom stereocenters. The van der Waals surface area contributed by atoms with Crippen molar-refractivity contribution < 1.29 is 5.11 Å². The maximum atomic E-state index is 8.58. The average molecular weight is 212 g/mol. The van der Waals surface area contributed by atoms with E-state index in [1.165, 1.54) is 51.4 Å². The molecule has 0 heterocycles. The van der Waals surface area contributed by atoms with Gasteiger partial charge >= 0.3 is 0 Å². The van der Waals surface area contributed by atoms with Crippen LogP contribution in [0.15, 0.2) is 12.2 Å². The molecule has 1 N–H and O–H groups in total. The zero-order valence-electron chi connectivity index (χ0n) is 10.4. The standard InChI is InChI=1S/C14H28O/c1-2-3-4-5-6-7-8-9-10-11-12-13-14-15/h10-11,15H,2-9,12-14H2,1H3/b11-10+. The van der Waals surface area contributed by atoms with E-state index in [0.29, 0.717) is 6.61 Å². The van der Waals surface area contributed by atoms with Crippen LogP contribution in [-0.2, 0) is 0 Å². The normalized spacial score (nSPS) is 11.3. The Bertz CT molecular complexity index is 129. The molecular weight excluding hydrogens is 184 g/mol. The van der Waals surface area contributed by atoms with Gasteiger partial charge in [-0.05, 0) is 25.7 Å². The summed E-state index contributed by atoms with van der Waals surface area (Å²) in [4.78, 5) is 0.